The molecule has 12 heteroatoms. The highest BCUT2D eigenvalue weighted by atomic mass is 32.2. The van der Waals surface area contributed by atoms with Gasteiger partial charge >= 0.3 is 0 Å². The maximum Gasteiger partial charge on any atom is 0.240 e. The van der Waals surface area contributed by atoms with Gasteiger partial charge in [0, 0.05) is 31.3 Å². The number of rotatable bonds is 11. The molecule has 5 aromatic rings. The second-order valence-corrected chi connectivity index (χ2v) is 13.5. The van der Waals surface area contributed by atoms with Gasteiger partial charge in [-0.3, -0.25) is 0 Å². The lowest BCUT2D eigenvalue weighted by Crippen LogP contribution is -2.31. The molecule has 0 bridgehead atoms. The zero-order valence-corrected chi connectivity index (χ0v) is 26.2. The van der Waals surface area contributed by atoms with Gasteiger partial charge in [-0.25, -0.2) is 17.8 Å². The number of nitrogens with one attached hydrogen (secondary N) is 1. The quantitative estimate of drug-likeness (QED) is 0.187. The summed E-state index contributed by atoms with van der Waals surface area (Å²) >= 11 is 1.53. The lowest BCUT2D eigenvalue weighted by Gasteiger charge is -2.36. The third-order valence-electron chi connectivity index (χ3n) is 7.53. The predicted octanol–water partition coefficient (Wildman–Crippen LogP) is 5.19. The highest BCUT2D eigenvalue weighted by molar-refractivity contribution is 7.99. The fourth-order valence-corrected chi connectivity index (χ4v) is 7.03. The van der Waals surface area contributed by atoms with E-state index in [1.807, 2.05) is 72.8 Å². The van der Waals surface area contributed by atoms with E-state index >= 15 is 0 Å². The zero-order chi connectivity index (χ0) is 31.2. The van der Waals surface area contributed by atoms with E-state index in [0.717, 1.165) is 33.4 Å². The standard InChI is InChI=1S/C33H33N5O5S2/c1-38-33(35-36-37-38)44-22-29-19-31(25-15-13-23(21-39)14-16-25)43-32(42-29)28-10-6-9-27(18-28)26-8-5-7-24(17-26)20-34-45(40,41)30-11-3-2-4-12-30/h2-18,29,31-32,34,39H,19-22H2,1H3/t29-,31+,32+/m0/s1. The van der Waals surface area contributed by atoms with Gasteiger partial charge in [-0.2, -0.15) is 0 Å². The average molecular weight is 644 g/mol. The van der Waals surface area contributed by atoms with E-state index < -0.39 is 16.3 Å². The molecule has 3 atom stereocenters. The summed E-state index contributed by atoms with van der Waals surface area (Å²) in [4.78, 5) is 0.230. The van der Waals surface area contributed by atoms with Crippen LogP contribution in [0.25, 0.3) is 11.1 Å². The Bertz CT molecular complexity index is 1830. The van der Waals surface area contributed by atoms with E-state index in [2.05, 4.69) is 20.2 Å². The molecule has 1 aliphatic heterocycles. The largest absolute Gasteiger partial charge is 0.392 e. The summed E-state index contributed by atoms with van der Waals surface area (Å²) in [6, 6.07) is 31.9. The topological polar surface area (TPSA) is 128 Å². The van der Waals surface area contributed by atoms with Crippen molar-refractivity contribution in [3.63, 3.8) is 0 Å². The van der Waals surface area contributed by atoms with Crippen LogP contribution in [0.15, 0.2) is 113 Å². The molecular weight excluding hydrogens is 611 g/mol. The number of sulfonamides is 1. The van der Waals surface area contributed by atoms with Crippen molar-refractivity contribution in [1.82, 2.24) is 24.9 Å². The molecule has 0 unspecified atom stereocenters. The first-order valence-electron chi connectivity index (χ1n) is 14.5. The van der Waals surface area contributed by atoms with E-state index in [1.54, 1.807) is 42.1 Å². The number of aliphatic hydroxyl groups is 1. The van der Waals surface area contributed by atoms with Crippen LogP contribution in [0.1, 0.15) is 41.1 Å². The van der Waals surface area contributed by atoms with Crippen LogP contribution in [0, 0.1) is 0 Å². The molecule has 0 spiro atoms. The predicted molar refractivity (Wildman–Crippen MR) is 170 cm³/mol. The number of nitrogens with zero attached hydrogens (tertiary/aromatic N) is 4. The second kappa shape index (κ2) is 14.0. The molecule has 4 aromatic carbocycles. The minimum Gasteiger partial charge on any atom is -0.392 e. The van der Waals surface area contributed by atoms with E-state index in [-0.39, 0.29) is 30.3 Å². The Morgan fingerprint density at radius 2 is 1.64 bits per heavy atom. The number of aromatic nitrogens is 4. The molecule has 10 nitrogen and oxygen atoms in total. The Morgan fingerprint density at radius 1 is 0.889 bits per heavy atom. The van der Waals surface area contributed by atoms with E-state index in [0.29, 0.717) is 17.3 Å². The molecule has 0 radical (unpaired) electrons. The van der Waals surface area contributed by atoms with Crippen LogP contribution in [0.5, 0.6) is 0 Å². The molecule has 1 aliphatic rings. The van der Waals surface area contributed by atoms with Crippen LogP contribution in [0.2, 0.25) is 0 Å². The molecule has 1 aromatic heterocycles. The van der Waals surface area contributed by atoms with Gasteiger partial charge in [0.05, 0.1) is 23.7 Å². The highest BCUT2D eigenvalue weighted by Crippen LogP contribution is 2.40. The third-order valence-corrected chi connectivity index (χ3v) is 10.1. The summed E-state index contributed by atoms with van der Waals surface area (Å²) in [6.45, 7) is 0.145. The third kappa shape index (κ3) is 7.67. The lowest BCUT2D eigenvalue weighted by molar-refractivity contribution is -0.245. The number of benzene rings is 4. The van der Waals surface area contributed by atoms with Crippen LogP contribution in [0.4, 0.5) is 0 Å². The molecule has 0 amide bonds. The zero-order valence-electron chi connectivity index (χ0n) is 24.6. The first-order chi connectivity index (χ1) is 21.9. The number of hydrogen-bond donors (Lipinski definition) is 2. The number of ether oxygens (including phenoxy) is 2. The van der Waals surface area contributed by atoms with E-state index in [9.17, 15) is 13.5 Å². The van der Waals surface area contributed by atoms with Crippen molar-refractivity contribution in [3.05, 3.63) is 125 Å². The minimum atomic E-state index is -3.63. The average Bonchev–Trinajstić information content (AvgIpc) is 3.51. The number of thioether (sulfide) groups is 1. The van der Waals surface area contributed by atoms with Crippen LogP contribution in [-0.2, 0) is 39.7 Å². The summed E-state index contributed by atoms with van der Waals surface area (Å²) in [5, 5.41) is 21.9. The van der Waals surface area contributed by atoms with Gasteiger partial charge in [-0.05, 0) is 62.5 Å². The van der Waals surface area contributed by atoms with Crippen molar-refractivity contribution in [2.24, 2.45) is 7.05 Å². The van der Waals surface area contributed by atoms with Gasteiger partial charge in [-0.1, -0.05) is 90.6 Å². The summed E-state index contributed by atoms with van der Waals surface area (Å²) in [7, 11) is -1.82. The summed E-state index contributed by atoms with van der Waals surface area (Å²) < 4.78 is 42.8. The Hall–Kier alpha value is -3.91. The maximum absolute atomic E-state index is 12.7. The summed E-state index contributed by atoms with van der Waals surface area (Å²) in [6.07, 6.45) is -0.333. The molecule has 6 rings (SSSR count). The van der Waals surface area contributed by atoms with E-state index in [4.69, 9.17) is 9.47 Å². The Kier molecular flexibility index (Phi) is 9.69. The molecule has 45 heavy (non-hydrogen) atoms. The summed E-state index contributed by atoms with van der Waals surface area (Å²) in [5.74, 6) is 0.639. The first kappa shape index (κ1) is 31.1. The number of tetrazole rings is 1. The monoisotopic (exact) mass is 643 g/mol. The number of hydrogen-bond acceptors (Lipinski definition) is 9. The van der Waals surface area contributed by atoms with E-state index in [1.165, 1.54) is 11.8 Å². The van der Waals surface area contributed by atoms with Crippen molar-refractivity contribution < 1.29 is 23.0 Å². The van der Waals surface area contributed by atoms with Crippen molar-refractivity contribution >= 4 is 21.8 Å². The number of aliphatic hydroxyl groups excluding tert-OH is 1. The molecule has 0 aliphatic carbocycles. The van der Waals surface area contributed by atoms with Crippen molar-refractivity contribution in [3.8, 4) is 11.1 Å². The fraction of sp³-hybridized carbons (Fsp3) is 0.242. The van der Waals surface area contributed by atoms with Gasteiger partial charge in [-0.15, -0.1) is 5.10 Å². The van der Waals surface area contributed by atoms with Gasteiger partial charge in [0.15, 0.2) is 6.29 Å². The Balaban J connectivity index is 1.21. The molecule has 2 heterocycles. The molecular formula is C33H33N5O5S2. The van der Waals surface area contributed by atoms with Gasteiger partial charge in [0.1, 0.15) is 0 Å². The smallest absolute Gasteiger partial charge is 0.240 e. The SMILES string of the molecule is Cn1nnnc1SC[C@@H]1C[C@H](c2ccc(CO)cc2)O[C@H](c2cccc(-c3cccc(CNS(=O)(=O)c4ccccc4)c3)c2)O1. The molecule has 232 valence electrons. The van der Waals surface area contributed by atoms with Crippen LogP contribution < -0.4 is 4.72 Å². The number of aryl methyl sites for hydroxylation is 1. The van der Waals surface area contributed by atoms with Crippen molar-refractivity contribution in [2.75, 3.05) is 5.75 Å². The first-order valence-corrected chi connectivity index (χ1v) is 16.9. The van der Waals surface area contributed by atoms with Crippen molar-refractivity contribution in [2.45, 2.75) is 48.1 Å². The minimum absolute atomic E-state index is 0.0184. The molecule has 1 saturated heterocycles. The van der Waals surface area contributed by atoms with Crippen LogP contribution in [-0.4, -0.2) is 45.6 Å². The summed E-state index contributed by atoms with van der Waals surface area (Å²) in [5.41, 5.74) is 5.46. The normalized spacial score (nSPS) is 18.6. The van der Waals surface area contributed by atoms with Crippen LogP contribution in [0.3, 0.4) is 0 Å². The second-order valence-electron chi connectivity index (χ2n) is 10.7. The van der Waals surface area contributed by atoms with Crippen LogP contribution >= 0.6 is 11.8 Å². The molecule has 1 fully saturated rings. The van der Waals surface area contributed by atoms with Gasteiger partial charge < -0.3 is 14.6 Å². The van der Waals surface area contributed by atoms with Gasteiger partial charge in [0.2, 0.25) is 15.2 Å². The maximum atomic E-state index is 12.7. The Labute approximate surface area is 266 Å². The molecule has 2 N–H and O–H groups in total. The fourth-order valence-electron chi connectivity index (χ4n) is 5.12. The van der Waals surface area contributed by atoms with Crippen molar-refractivity contribution in [1.29, 1.82) is 0 Å². The van der Waals surface area contributed by atoms with Gasteiger partial charge in [0.25, 0.3) is 0 Å². The Morgan fingerprint density at radius 3 is 2.38 bits per heavy atom. The lowest BCUT2D eigenvalue weighted by atomic mass is 9.99. The molecule has 0 saturated carbocycles. The highest BCUT2D eigenvalue weighted by Gasteiger charge is 2.32.